The molecule has 3 rings (SSSR count). The number of benzene rings is 3. The molecule has 0 aromatic heterocycles. The van der Waals surface area contributed by atoms with Crippen molar-refractivity contribution in [1.29, 1.82) is 0 Å². The van der Waals surface area contributed by atoms with Gasteiger partial charge < -0.3 is 4.74 Å². The lowest BCUT2D eigenvalue weighted by Crippen LogP contribution is -1.94. The Kier molecular flexibility index (Phi) is 24.4. The molecular weight excluding hydrogens is 396 g/mol. The van der Waals surface area contributed by atoms with Crippen LogP contribution in [0, 0.1) is 0 Å². The lowest BCUT2D eigenvalue weighted by Gasteiger charge is -2.01. The molecule has 0 bridgehead atoms. The van der Waals surface area contributed by atoms with Crippen LogP contribution >= 0.6 is 11.8 Å². The summed E-state index contributed by atoms with van der Waals surface area (Å²) in [6.07, 6.45) is 2.50. The first kappa shape index (κ1) is 31.2. The summed E-state index contributed by atoms with van der Waals surface area (Å²) in [6, 6.07) is 34.5. The van der Waals surface area contributed by atoms with Crippen LogP contribution in [0.1, 0.15) is 53.0 Å². The van der Waals surface area contributed by atoms with Crippen LogP contribution in [0.25, 0.3) is 0 Å². The molecule has 0 aliphatic carbocycles. The van der Waals surface area contributed by atoms with E-state index < -0.39 is 0 Å². The molecule has 172 valence electrons. The maximum absolute atomic E-state index is 4.75. The Morgan fingerprint density at radius 2 is 0.774 bits per heavy atom. The third-order valence-electron chi connectivity index (χ3n) is 3.74. The highest BCUT2D eigenvalue weighted by Gasteiger charge is 1.93. The summed E-state index contributed by atoms with van der Waals surface area (Å²) in [5.74, 6) is 0.659. The fraction of sp³-hybridized carbons (Fsp3) is 0.379. The van der Waals surface area contributed by atoms with E-state index in [-0.39, 0.29) is 0 Å². The van der Waals surface area contributed by atoms with Crippen molar-refractivity contribution in [1.82, 2.24) is 0 Å². The molecule has 3 aromatic rings. The lowest BCUT2D eigenvalue weighted by molar-refractivity contribution is 0.134. The predicted molar refractivity (Wildman–Crippen MR) is 144 cm³/mol. The highest BCUT2D eigenvalue weighted by Crippen LogP contribution is 2.11. The molecule has 0 saturated carbocycles. The van der Waals surface area contributed by atoms with Gasteiger partial charge in [-0.3, -0.25) is 0 Å². The average molecular weight is 441 g/mol. The van der Waals surface area contributed by atoms with Gasteiger partial charge >= 0.3 is 0 Å². The Bertz CT molecular complexity index is 559. The molecule has 0 radical (unpaired) electrons. The first-order valence-electron chi connectivity index (χ1n) is 11.0. The normalized spacial score (nSPS) is 9.13. The monoisotopic (exact) mass is 440 g/mol. The SMILES string of the molecule is CC(C)c1ccccc1.COC(C)C.CSC(C)C.c1ccccc1.c1ccccc1. The highest BCUT2D eigenvalue weighted by molar-refractivity contribution is 7.99. The fourth-order valence-electron chi connectivity index (χ4n) is 1.61. The van der Waals surface area contributed by atoms with Gasteiger partial charge in [0.15, 0.2) is 0 Å². The minimum absolute atomic E-state index is 0.384. The molecule has 3 aromatic carbocycles. The Hall–Kier alpha value is -2.03. The van der Waals surface area contributed by atoms with Crippen LogP contribution in [0.2, 0.25) is 0 Å². The summed E-state index contributed by atoms with van der Waals surface area (Å²) in [4.78, 5) is 0. The maximum atomic E-state index is 4.75. The quantitative estimate of drug-likeness (QED) is 0.402. The van der Waals surface area contributed by atoms with E-state index in [0.717, 1.165) is 5.25 Å². The second kappa shape index (κ2) is 24.2. The Balaban J connectivity index is 0. The number of methoxy groups -OCH3 is 1. The third-order valence-corrected chi connectivity index (χ3v) is 4.69. The van der Waals surface area contributed by atoms with Crippen molar-refractivity contribution in [3.05, 3.63) is 109 Å². The molecular formula is C29H44OS. The third kappa shape index (κ3) is 28.0. The summed E-state index contributed by atoms with van der Waals surface area (Å²) < 4.78 is 4.75. The van der Waals surface area contributed by atoms with Gasteiger partial charge in [0.2, 0.25) is 0 Å². The minimum atomic E-state index is 0.384. The zero-order chi connectivity index (χ0) is 23.7. The molecule has 2 heteroatoms. The molecule has 0 heterocycles. The Morgan fingerprint density at radius 3 is 0.903 bits per heavy atom. The van der Waals surface area contributed by atoms with Gasteiger partial charge in [0.05, 0.1) is 6.10 Å². The summed E-state index contributed by atoms with van der Waals surface area (Å²) in [7, 11) is 1.70. The molecule has 0 fully saturated rings. The lowest BCUT2D eigenvalue weighted by atomic mass is 10.0. The van der Waals surface area contributed by atoms with E-state index in [4.69, 9.17) is 4.74 Å². The molecule has 0 aliphatic rings. The van der Waals surface area contributed by atoms with Gasteiger partial charge in [-0.15, -0.1) is 0 Å². The average Bonchev–Trinajstić information content (AvgIpc) is 2.83. The molecule has 1 nitrogen and oxygen atoms in total. The van der Waals surface area contributed by atoms with Gasteiger partial charge in [-0.2, -0.15) is 11.8 Å². The van der Waals surface area contributed by atoms with Crippen LogP contribution in [0.3, 0.4) is 0 Å². The number of hydrogen-bond donors (Lipinski definition) is 0. The van der Waals surface area contributed by atoms with E-state index in [1.807, 2.05) is 104 Å². The van der Waals surface area contributed by atoms with Crippen LogP contribution in [0.15, 0.2) is 103 Å². The Morgan fingerprint density at radius 1 is 0.548 bits per heavy atom. The molecule has 0 spiro atoms. The van der Waals surface area contributed by atoms with Crippen molar-refractivity contribution >= 4 is 11.8 Å². The second-order valence-electron chi connectivity index (χ2n) is 7.44. The summed E-state index contributed by atoms with van der Waals surface area (Å²) in [5, 5.41) is 0.801. The van der Waals surface area contributed by atoms with Gasteiger partial charge in [0.1, 0.15) is 0 Å². The van der Waals surface area contributed by atoms with Crippen LogP contribution < -0.4 is 0 Å². The van der Waals surface area contributed by atoms with E-state index in [1.165, 1.54) is 5.56 Å². The number of hydrogen-bond acceptors (Lipinski definition) is 2. The van der Waals surface area contributed by atoms with Crippen molar-refractivity contribution in [2.24, 2.45) is 0 Å². The summed E-state index contributed by atoms with van der Waals surface area (Å²) >= 11 is 1.88. The van der Waals surface area contributed by atoms with Gasteiger partial charge in [-0.05, 0) is 36.8 Å². The summed E-state index contributed by atoms with van der Waals surface area (Å²) in [6.45, 7) is 12.8. The number of thioether (sulfide) groups is 1. The number of rotatable bonds is 3. The van der Waals surface area contributed by atoms with E-state index in [1.54, 1.807) is 7.11 Å². The molecule has 0 aliphatic heterocycles. The predicted octanol–water partition coefficient (Wildman–Crippen LogP) is 8.98. The van der Waals surface area contributed by atoms with E-state index in [9.17, 15) is 0 Å². The van der Waals surface area contributed by atoms with Crippen LogP contribution in [0.5, 0.6) is 0 Å². The van der Waals surface area contributed by atoms with E-state index in [0.29, 0.717) is 12.0 Å². The maximum Gasteiger partial charge on any atom is 0.0515 e. The summed E-state index contributed by atoms with van der Waals surface area (Å²) in [5.41, 5.74) is 1.41. The first-order valence-corrected chi connectivity index (χ1v) is 12.2. The topological polar surface area (TPSA) is 9.23 Å². The minimum Gasteiger partial charge on any atom is -0.382 e. The molecule has 31 heavy (non-hydrogen) atoms. The number of ether oxygens (including phenoxy) is 1. The van der Waals surface area contributed by atoms with Crippen molar-refractivity contribution in [2.75, 3.05) is 13.4 Å². The zero-order valence-corrected chi connectivity index (χ0v) is 21.7. The second-order valence-corrected chi connectivity index (χ2v) is 8.86. The van der Waals surface area contributed by atoms with E-state index >= 15 is 0 Å². The molecule has 0 saturated heterocycles. The molecule has 0 N–H and O–H groups in total. The van der Waals surface area contributed by atoms with Crippen LogP contribution in [0.4, 0.5) is 0 Å². The van der Waals surface area contributed by atoms with Gasteiger partial charge in [-0.25, -0.2) is 0 Å². The van der Waals surface area contributed by atoms with Crippen molar-refractivity contribution in [2.45, 2.75) is 58.8 Å². The van der Waals surface area contributed by atoms with E-state index in [2.05, 4.69) is 58.2 Å². The van der Waals surface area contributed by atoms with Crippen molar-refractivity contribution in [3.8, 4) is 0 Å². The zero-order valence-electron chi connectivity index (χ0n) is 20.9. The molecule has 0 atom stereocenters. The van der Waals surface area contributed by atoms with Crippen molar-refractivity contribution < 1.29 is 4.74 Å². The van der Waals surface area contributed by atoms with Gasteiger partial charge in [0.25, 0.3) is 0 Å². The smallest absolute Gasteiger partial charge is 0.0515 e. The van der Waals surface area contributed by atoms with Crippen LogP contribution in [-0.4, -0.2) is 24.7 Å². The molecule has 0 amide bonds. The molecule has 0 unspecified atom stereocenters. The van der Waals surface area contributed by atoms with Crippen LogP contribution in [-0.2, 0) is 4.74 Å². The standard InChI is InChI=1S/C9H12.2C6H6.C4H10O.C4H10S/c1-8(2)9-6-4-3-5-7-9;2*1-2-4-6-5-3-1;2*1-4(2)5-3/h3-8H,1-2H3;2*1-6H;2*4H,1-3H3. The highest BCUT2D eigenvalue weighted by atomic mass is 32.2. The van der Waals surface area contributed by atoms with Gasteiger partial charge in [0, 0.05) is 7.11 Å². The van der Waals surface area contributed by atoms with Crippen molar-refractivity contribution in [3.63, 3.8) is 0 Å². The largest absolute Gasteiger partial charge is 0.382 e. The Labute approximate surface area is 197 Å². The fourth-order valence-corrected chi connectivity index (χ4v) is 1.61. The van der Waals surface area contributed by atoms with Gasteiger partial charge in [-0.1, -0.05) is 131 Å². The first-order chi connectivity index (χ1) is 14.8.